The second-order valence-corrected chi connectivity index (χ2v) is 6.73. The molecule has 2 rings (SSSR count). The van der Waals surface area contributed by atoms with E-state index >= 15 is 0 Å². The largest absolute Gasteiger partial charge is 0.394 e. The topological polar surface area (TPSA) is 130 Å². The molecule has 0 spiro atoms. The number of hydrogen-bond acceptors (Lipinski definition) is 9. The number of rotatable bonds is 8. The van der Waals surface area contributed by atoms with Gasteiger partial charge in [0.15, 0.2) is 0 Å². The van der Waals surface area contributed by atoms with Crippen molar-refractivity contribution >= 4 is 22.7 Å². The third-order valence-corrected chi connectivity index (χ3v) is 4.70. The lowest BCUT2D eigenvalue weighted by Gasteiger charge is -2.23. The third kappa shape index (κ3) is 5.07. The van der Waals surface area contributed by atoms with Gasteiger partial charge in [-0.25, -0.2) is 9.99 Å². The number of benzene rings is 1. The Hall–Kier alpha value is -1.88. The second kappa shape index (κ2) is 9.17. The molecule has 0 unspecified atom stereocenters. The average molecular weight is 381 g/mol. The highest BCUT2D eigenvalue weighted by atomic mass is 32.1. The van der Waals surface area contributed by atoms with E-state index in [4.69, 9.17) is 5.11 Å². The number of anilines is 1. The minimum absolute atomic E-state index is 0.578. The average Bonchev–Trinajstić information content (AvgIpc) is 3.14. The Kier molecular flexibility index (Phi) is 7.21. The molecule has 0 bridgehead atoms. The molecule has 9 heteroatoms. The predicted octanol–water partition coefficient (Wildman–Crippen LogP) is -0.0236. The Morgan fingerprint density at radius 2 is 1.81 bits per heavy atom. The highest BCUT2D eigenvalue weighted by Crippen LogP contribution is 2.27. The summed E-state index contributed by atoms with van der Waals surface area (Å²) in [6.45, 7) is 1.28. The van der Waals surface area contributed by atoms with Gasteiger partial charge in [-0.3, -0.25) is 0 Å². The fourth-order valence-corrected chi connectivity index (χ4v) is 2.87. The van der Waals surface area contributed by atoms with E-state index in [1.54, 1.807) is 7.05 Å². The number of aryl methyl sites for hydroxylation is 1. The molecule has 0 amide bonds. The molecule has 0 fully saturated rings. The zero-order valence-corrected chi connectivity index (χ0v) is 15.3. The lowest BCUT2D eigenvalue weighted by Crippen LogP contribution is -2.46. The van der Waals surface area contributed by atoms with E-state index in [9.17, 15) is 20.4 Å². The summed E-state index contributed by atoms with van der Waals surface area (Å²) in [5.41, 5.74) is 2.94. The maximum Gasteiger partial charge on any atom is 0.206 e. The van der Waals surface area contributed by atoms with Gasteiger partial charge in [0.2, 0.25) is 5.13 Å². The Bertz CT molecular complexity index is 721. The van der Waals surface area contributed by atoms with Crippen molar-refractivity contribution in [2.45, 2.75) is 31.3 Å². The highest BCUT2D eigenvalue weighted by Gasteiger charge is 2.29. The maximum absolute atomic E-state index is 9.84. The lowest BCUT2D eigenvalue weighted by molar-refractivity contribution is -0.0999. The van der Waals surface area contributed by atoms with Crippen molar-refractivity contribution in [2.24, 2.45) is 5.10 Å². The van der Waals surface area contributed by atoms with Crippen LogP contribution in [-0.2, 0) is 0 Å². The van der Waals surface area contributed by atoms with E-state index in [1.807, 2.05) is 36.6 Å². The summed E-state index contributed by atoms with van der Waals surface area (Å²) in [5.74, 6) is 0. The SMILES string of the molecule is Cc1ccc(-c2csc(N(C)/N=C\[C@H](O)[C@@H](O)[C@H](O)[C@H](O)CO)n2)cc1. The Balaban J connectivity index is 2.02. The van der Waals surface area contributed by atoms with Gasteiger partial charge in [-0.1, -0.05) is 29.8 Å². The van der Waals surface area contributed by atoms with Gasteiger partial charge in [0, 0.05) is 18.0 Å². The molecule has 0 aliphatic rings. The van der Waals surface area contributed by atoms with Crippen LogP contribution in [0.1, 0.15) is 5.56 Å². The minimum atomic E-state index is -1.69. The van der Waals surface area contributed by atoms with Crippen molar-refractivity contribution < 1.29 is 25.5 Å². The third-order valence-electron chi connectivity index (χ3n) is 3.79. The number of aliphatic hydroxyl groups excluding tert-OH is 5. The zero-order chi connectivity index (χ0) is 19.3. The van der Waals surface area contributed by atoms with Crippen molar-refractivity contribution in [3.8, 4) is 11.3 Å². The number of hydrazone groups is 1. The molecule has 0 saturated carbocycles. The normalized spacial score (nSPS) is 16.4. The molecule has 0 aliphatic carbocycles. The summed E-state index contributed by atoms with van der Waals surface area (Å²) < 4.78 is 0. The summed E-state index contributed by atoms with van der Waals surface area (Å²) >= 11 is 1.37. The summed E-state index contributed by atoms with van der Waals surface area (Å²) in [7, 11) is 1.63. The van der Waals surface area contributed by atoms with Gasteiger partial charge >= 0.3 is 0 Å². The number of aromatic nitrogens is 1. The van der Waals surface area contributed by atoms with E-state index in [-0.39, 0.29) is 0 Å². The molecule has 1 aromatic carbocycles. The summed E-state index contributed by atoms with van der Waals surface area (Å²) in [6, 6.07) is 7.96. The number of aliphatic hydroxyl groups is 5. The van der Waals surface area contributed by atoms with Crippen LogP contribution < -0.4 is 5.01 Å². The summed E-state index contributed by atoms with van der Waals surface area (Å²) in [6.07, 6.45) is -5.43. The lowest BCUT2D eigenvalue weighted by atomic mass is 10.0. The molecular weight excluding hydrogens is 358 g/mol. The number of thiazole rings is 1. The van der Waals surface area contributed by atoms with Crippen molar-refractivity contribution in [1.29, 1.82) is 0 Å². The number of nitrogens with zero attached hydrogens (tertiary/aromatic N) is 3. The Labute approximate surface area is 155 Å². The van der Waals surface area contributed by atoms with Gasteiger partial charge in [0.05, 0.1) is 18.5 Å². The van der Waals surface area contributed by atoms with Gasteiger partial charge < -0.3 is 25.5 Å². The van der Waals surface area contributed by atoms with Crippen molar-refractivity contribution in [2.75, 3.05) is 18.7 Å². The highest BCUT2D eigenvalue weighted by molar-refractivity contribution is 7.14. The van der Waals surface area contributed by atoms with Gasteiger partial charge in [0.25, 0.3) is 0 Å². The first kappa shape index (κ1) is 20.4. The van der Waals surface area contributed by atoms with Crippen molar-refractivity contribution in [3.63, 3.8) is 0 Å². The molecule has 4 atom stereocenters. The van der Waals surface area contributed by atoms with E-state index in [1.165, 1.54) is 16.3 Å². The van der Waals surface area contributed by atoms with Crippen LogP contribution in [0, 0.1) is 6.92 Å². The molecule has 26 heavy (non-hydrogen) atoms. The molecule has 5 N–H and O–H groups in total. The van der Waals surface area contributed by atoms with Crippen LogP contribution in [0.4, 0.5) is 5.13 Å². The molecular formula is C17H23N3O5S. The van der Waals surface area contributed by atoms with E-state index in [2.05, 4.69) is 10.1 Å². The van der Waals surface area contributed by atoms with E-state index in [0.717, 1.165) is 23.0 Å². The van der Waals surface area contributed by atoms with Crippen molar-refractivity contribution in [1.82, 2.24) is 4.98 Å². The maximum atomic E-state index is 9.84. The second-order valence-electron chi connectivity index (χ2n) is 5.89. The molecule has 0 aliphatic heterocycles. The minimum Gasteiger partial charge on any atom is -0.394 e. The van der Waals surface area contributed by atoms with Crippen LogP contribution >= 0.6 is 11.3 Å². The quantitative estimate of drug-likeness (QED) is 0.321. The molecule has 1 heterocycles. The van der Waals surface area contributed by atoms with Crippen LogP contribution in [0.5, 0.6) is 0 Å². The van der Waals surface area contributed by atoms with Gasteiger partial charge in [-0.2, -0.15) is 5.10 Å². The monoisotopic (exact) mass is 381 g/mol. The standard InChI is InChI=1S/C17H23N3O5S/c1-10-3-5-11(6-4-10)12-9-26-17(19-12)20(2)18-7-13(22)15(24)16(25)14(23)8-21/h3-7,9,13-16,21-25H,8H2,1-2H3/b18-7-/t13-,14+,15+,16+/m0/s1. The molecule has 1 aromatic heterocycles. The first-order chi connectivity index (χ1) is 12.3. The van der Waals surface area contributed by atoms with Gasteiger partial charge in [-0.15, -0.1) is 11.3 Å². The molecule has 142 valence electrons. The van der Waals surface area contributed by atoms with Gasteiger partial charge in [-0.05, 0) is 6.92 Å². The Morgan fingerprint density at radius 1 is 1.15 bits per heavy atom. The first-order valence-corrected chi connectivity index (χ1v) is 8.85. The van der Waals surface area contributed by atoms with Crippen molar-refractivity contribution in [3.05, 3.63) is 35.2 Å². The molecule has 0 radical (unpaired) electrons. The number of hydrogen-bond donors (Lipinski definition) is 5. The molecule has 0 saturated heterocycles. The van der Waals surface area contributed by atoms with Crippen LogP contribution in [0.3, 0.4) is 0 Å². The molecule has 2 aromatic rings. The Morgan fingerprint density at radius 3 is 2.42 bits per heavy atom. The van der Waals surface area contributed by atoms with Crippen LogP contribution in [-0.4, -0.2) is 74.8 Å². The smallest absolute Gasteiger partial charge is 0.206 e. The molecule has 8 nitrogen and oxygen atoms in total. The van der Waals surface area contributed by atoms with Crippen LogP contribution in [0.2, 0.25) is 0 Å². The van der Waals surface area contributed by atoms with E-state index < -0.39 is 31.0 Å². The fourth-order valence-electron chi connectivity index (χ4n) is 2.11. The van der Waals surface area contributed by atoms with Crippen LogP contribution in [0.25, 0.3) is 11.3 Å². The predicted molar refractivity (Wildman–Crippen MR) is 100 cm³/mol. The zero-order valence-electron chi connectivity index (χ0n) is 14.5. The van der Waals surface area contributed by atoms with Gasteiger partial charge in [0.1, 0.15) is 24.4 Å². The fraction of sp³-hybridized carbons (Fsp3) is 0.412. The van der Waals surface area contributed by atoms with E-state index in [0.29, 0.717) is 5.13 Å². The summed E-state index contributed by atoms with van der Waals surface area (Å²) in [4.78, 5) is 4.47. The van der Waals surface area contributed by atoms with Crippen LogP contribution in [0.15, 0.2) is 34.7 Å². The summed E-state index contributed by atoms with van der Waals surface area (Å²) in [5, 5.41) is 55.1. The first-order valence-electron chi connectivity index (χ1n) is 7.97.